The number of nitrogens with zero attached hydrogens (tertiary/aromatic N) is 1. The van der Waals surface area contributed by atoms with E-state index in [9.17, 15) is 9.59 Å². The summed E-state index contributed by atoms with van der Waals surface area (Å²) >= 11 is 0. The van der Waals surface area contributed by atoms with Crippen LogP contribution in [0.4, 0.5) is 0 Å². The summed E-state index contributed by atoms with van der Waals surface area (Å²) in [5.41, 5.74) is 0. The van der Waals surface area contributed by atoms with E-state index >= 15 is 0 Å². The summed E-state index contributed by atoms with van der Waals surface area (Å²) in [6.07, 6.45) is 2.59. The van der Waals surface area contributed by atoms with Crippen molar-refractivity contribution in [3.05, 3.63) is 0 Å². The average Bonchev–Trinajstić information content (AvgIpc) is 3.10. The van der Waals surface area contributed by atoms with Crippen LogP contribution in [-0.2, 0) is 14.3 Å². The minimum atomic E-state index is -0.846. The van der Waals surface area contributed by atoms with Crippen molar-refractivity contribution < 1.29 is 19.4 Å². The number of amides is 1. The summed E-state index contributed by atoms with van der Waals surface area (Å²) in [5.74, 6) is -1.57. The van der Waals surface area contributed by atoms with Crippen molar-refractivity contribution in [1.29, 1.82) is 0 Å². The Balaban J connectivity index is 1.88. The van der Waals surface area contributed by atoms with Crippen molar-refractivity contribution in [3.63, 3.8) is 0 Å². The predicted octanol–water partition coefficient (Wildman–Crippen LogP) is 0.344. The summed E-state index contributed by atoms with van der Waals surface area (Å²) in [6, 6.07) is 0.331. The lowest BCUT2D eigenvalue weighted by molar-refractivity contribution is -0.142. The Morgan fingerprint density at radius 3 is 2.50 bits per heavy atom. The second kappa shape index (κ2) is 4.41. The molecule has 2 atom stereocenters. The predicted molar refractivity (Wildman–Crippen MR) is 55.8 cm³/mol. The van der Waals surface area contributed by atoms with E-state index in [4.69, 9.17) is 9.84 Å². The maximum atomic E-state index is 12.0. The zero-order valence-electron chi connectivity index (χ0n) is 9.39. The molecular weight excluding hydrogens is 210 g/mol. The van der Waals surface area contributed by atoms with Crippen LogP contribution in [0.2, 0.25) is 0 Å². The van der Waals surface area contributed by atoms with Gasteiger partial charge in [-0.15, -0.1) is 0 Å². The summed E-state index contributed by atoms with van der Waals surface area (Å²) < 4.78 is 4.96. The molecule has 0 aromatic heterocycles. The third kappa shape index (κ3) is 2.35. The van der Waals surface area contributed by atoms with Gasteiger partial charge in [-0.3, -0.25) is 9.59 Å². The molecule has 2 unspecified atom stereocenters. The molecule has 1 N–H and O–H groups in total. The average molecular weight is 227 g/mol. The van der Waals surface area contributed by atoms with Crippen LogP contribution in [-0.4, -0.2) is 48.2 Å². The van der Waals surface area contributed by atoms with Crippen molar-refractivity contribution in [1.82, 2.24) is 4.90 Å². The fourth-order valence-electron chi connectivity index (χ4n) is 2.00. The van der Waals surface area contributed by atoms with Gasteiger partial charge in [0.25, 0.3) is 0 Å². The van der Waals surface area contributed by atoms with E-state index in [-0.39, 0.29) is 11.8 Å². The Bertz CT molecular complexity index is 300. The molecule has 5 heteroatoms. The first-order valence-corrected chi connectivity index (χ1v) is 5.67. The van der Waals surface area contributed by atoms with Crippen LogP contribution < -0.4 is 0 Å². The fourth-order valence-corrected chi connectivity index (χ4v) is 2.00. The Morgan fingerprint density at radius 2 is 2.06 bits per heavy atom. The number of carboxylic acid groups (broad SMARTS) is 1. The van der Waals surface area contributed by atoms with Crippen LogP contribution in [0, 0.1) is 11.8 Å². The number of methoxy groups -OCH3 is 1. The van der Waals surface area contributed by atoms with E-state index in [2.05, 4.69) is 0 Å². The Morgan fingerprint density at radius 1 is 1.38 bits per heavy atom. The van der Waals surface area contributed by atoms with Gasteiger partial charge in [0, 0.05) is 19.7 Å². The number of hydrogen-bond acceptors (Lipinski definition) is 3. The number of aliphatic carboxylic acids is 1. The molecule has 2 fully saturated rings. The van der Waals surface area contributed by atoms with Gasteiger partial charge >= 0.3 is 5.97 Å². The van der Waals surface area contributed by atoms with Gasteiger partial charge in [0.2, 0.25) is 5.91 Å². The molecule has 90 valence electrons. The first-order valence-electron chi connectivity index (χ1n) is 5.67. The molecule has 0 aromatic carbocycles. The third-order valence-electron chi connectivity index (χ3n) is 3.23. The van der Waals surface area contributed by atoms with Crippen molar-refractivity contribution in [3.8, 4) is 0 Å². The van der Waals surface area contributed by atoms with Crippen LogP contribution in [0.1, 0.15) is 19.3 Å². The second-order valence-corrected chi connectivity index (χ2v) is 4.54. The molecule has 2 aliphatic rings. The number of carbonyl (C=O) groups is 2. The van der Waals surface area contributed by atoms with Gasteiger partial charge < -0.3 is 14.7 Å². The molecule has 2 aliphatic carbocycles. The Hall–Kier alpha value is -1.10. The van der Waals surface area contributed by atoms with Crippen LogP contribution in [0.3, 0.4) is 0 Å². The summed E-state index contributed by atoms with van der Waals surface area (Å²) in [6.45, 7) is 1.11. The highest BCUT2D eigenvalue weighted by molar-refractivity contribution is 5.89. The number of ether oxygens (including phenoxy) is 1. The van der Waals surface area contributed by atoms with E-state index < -0.39 is 11.9 Å². The maximum absolute atomic E-state index is 12.0. The summed E-state index contributed by atoms with van der Waals surface area (Å²) in [7, 11) is 1.60. The molecule has 2 rings (SSSR count). The molecule has 16 heavy (non-hydrogen) atoms. The molecule has 1 amide bonds. The van der Waals surface area contributed by atoms with Gasteiger partial charge in [-0.2, -0.15) is 0 Å². The highest BCUT2D eigenvalue weighted by Crippen LogP contribution is 2.42. The van der Waals surface area contributed by atoms with Crippen molar-refractivity contribution in [2.75, 3.05) is 20.3 Å². The van der Waals surface area contributed by atoms with Crippen LogP contribution in [0.5, 0.6) is 0 Å². The quantitative estimate of drug-likeness (QED) is 0.710. The molecular formula is C11H17NO4. The Kier molecular flexibility index (Phi) is 3.14. The molecule has 0 aliphatic heterocycles. The number of hydrogen-bond donors (Lipinski definition) is 1. The second-order valence-electron chi connectivity index (χ2n) is 4.54. The van der Waals surface area contributed by atoms with Gasteiger partial charge in [0.05, 0.1) is 18.4 Å². The summed E-state index contributed by atoms with van der Waals surface area (Å²) in [4.78, 5) is 24.5. The highest BCUT2D eigenvalue weighted by atomic mass is 16.5. The molecule has 0 radical (unpaired) electrons. The molecule has 0 bridgehead atoms. The van der Waals surface area contributed by atoms with E-state index in [1.807, 2.05) is 0 Å². The molecule has 2 saturated carbocycles. The normalized spacial score (nSPS) is 27.6. The molecule has 5 nitrogen and oxygen atoms in total. The van der Waals surface area contributed by atoms with Crippen LogP contribution in [0.15, 0.2) is 0 Å². The van der Waals surface area contributed by atoms with E-state index in [0.29, 0.717) is 25.6 Å². The minimum absolute atomic E-state index is 0.00644. The zero-order chi connectivity index (χ0) is 11.7. The van der Waals surface area contributed by atoms with E-state index in [0.717, 1.165) is 12.8 Å². The zero-order valence-corrected chi connectivity index (χ0v) is 9.39. The fraction of sp³-hybridized carbons (Fsp3) is 0.818. The molecule has 0 spiro atoms. The Labute approximate surface area is 94.4 Å². The smallest absolute Gasteiger partial charge is 0.307 e. The highest BCUT2D eigenvalue weighted by Gasteiger charge is 2.51. The topological polar surface area (TPSA) is 66.8 Å². The van der Waals surface area contributed by atoms with Crippen LogP contribution in [0.25, 0.3) is 0 Å². The van der Waals surface area contributed by atoms with Crippen molar-refractivity contribution in [2.45, 2.75) is 25.3 Å². The maximum Gasteiger partial charge on any atom is 0.307 e. The summed E-state index contributed by atoms with van der Waals surface area (Å²) in [5, 5.41) is 8.79. The third-order valence-corrected chi connectivity index (χ3v) is 3.23. The lowest BCUT2D eigenvalue weighted by Gasteiger charge is -2.22. The van der Waals surface area contributed by atoms with Gasteiger partial charge in [0.15, 0.2) is 0 Å². The van der Waals surface area contributed by atoms with Crippen LogP contribution >= 0.6 is 0 Å². The number of carbonyl (C=O) groups excluding carboxylic acids is 1. The minimum Gasteiger partial charge on any atom is -0.481 e. The van der Waals surface area contributed by atoms with Gasteiger partial charge in [-0.25, -0.2) is 0 Å². The van der Waals surface area contributed by atoms with Crippen molar-refractivity contribution in [2.24, 2.45) is 11.8 Å². The molecule has 0 saturated heterocycles. The van der Waals surface area contributed by atoms with Gasteiger partial charge in [-0.1, -0.05) is 0 Å². The first kappa shape index (κ1) is 11.4. The SMILES string of the molecule is COCCN(C(=O)C1CC1C(=O)O)C1CC1. The lowest BCUT2D eigenvalue weighted by atomic mass is 10.2. The standard InChI is InChI=1S/C11H17NO4/c1-16-5-4-12(7-2-3-7)10(13)8-6-9(8)11(14)15/h7-9H,2-6H2,1H3,(H,14,15). The largest absolute Gasteiger partial charge is 0.481 e. The molecule has 0 aromatic rings. The number of rotatable bonds is 6. The monoisotopic (exact) mass is 227 g/mol. The van der Waals surface area contributed by atoms with Crippen molar-refractivity contribution >= 4 is 11.9 Å². The first-order chi connectivity index (χ1) is 7.65. The van der Waals surface area contributed by atoms with E-state index in [1.165, 1.54) is 0 Å². The lowest BCUT2D eigenvalue weighted by Crippen LogP contribution is -2.37. The number of carboxylic acids is 1. The van der Waals surface area contributed by atoms with E-state index in [1.54, 1.807) is 12.0 Å². The van der Waals surface area contributed by atoms with Gasteiger partial charge in [-0.05, 0) is 19.3 Å². The van der Waals surface area contributed by atoms with Gasteiger partial charge in [0.1, 0.15) is 0 Å². The molecule has 0 heterocycles.